The number of likely N-dealkylation sites (tertiary alicyclic amines) is 1. The lowest BCUT2D eigenvalue weighted by Gasteiger charge is -2.33. The van der Waals surface area contributed by atoms with Gasteiger partial charge in [-0.05, 0) is 38.5 Å². The maximum atomic E-state index is 12.7. The van der Waals surface area contributed by atoms with Gasteiger partial charge in [0.05, 0.1) is 5.92 Å². The van der Waals surface area contributed by atoms with Crippen LogP contribution in [0, 0.1) is 5.92 Å². The van der Waals surface area contributed by atoms with Gasteiger partial charge < -0.3 is 9.80 Å². The number of carbonyl (C=O) groups is 2. The van der Waals surface area contributed by atoms with Crippen molar-refractivity contribution in [1.29, 1.82) is 0 Å². The minimum Gasteiger partial charge on any atom is -0.346 e. The van der Waals surface area contributed by atoms with Gasteiger partial charge in [-0.1, -0.05) is 11.3 Å². The van der Waals surface area contributed by atoms with Crippen LogP contribution in [-0.4, -0.2) is 59.6 Å². The molecule has 1 aromatic rings. The van der Waals surface area contributed by atoms with E-state index in [9.17, 15) is 9.59 Å². The summed E-state index contributed by atoms with van der Waals surface area (Å²) in [5.41, 5.74) is 0. The first-order chi connectivity index (χ1) is 12.2. The molecule has 8 heteroatoms. The molecule has 0 radical (unpaired) electrons. The summed E-state index contributed by atoms with van der Waals surface area (Å²) in [4.78, 5) is 30.7. The van der Waals surface area contributed by atoms with Crippen LogP contribution in [-0.2, 0) is 9.59 Å². The molecule has 0 spiro atoms. The molecule has 25 heavy (non-hydrogen) atoms. The highest BCUT2D eigenvalue weighted by Gasteiger charge is 2.32. The Hall–Kier alpha value is -1.70. The van der Waals surface area contributed by atoms with Crippen molar-refractivity contribution in [2.24, 2.45) is 5.92 Å². The molecule has 1 aromatic heterocycles. The van der Waals surface area contributed by atoms with E-state index >= 15 is 0 Å². The summed E-state index contributed by atoms with van der Waals surface area (Å²) in [6.45, 7) is 4.19. The molecule has 3 saturated heterocycles. The van der Waals surface area contributed by atoms with Gasteiger partial charge in [0.1, 0.15) is 0 Å². The number of aromatic nitrogens is 2. The smallest absolute Gasteiger partial charge is 0.228 e. The van der Waals surface area contributed by atoms with Crippen LogP contribution in [0.3, 0.4) is 0 Å². The summed E-state index contributed by atoms with van der Waals surface area (Å²) in [6.07, 6.45) is 6.82. The van der Waals surface area contributed by atoms with Crippen LogP contribution in [0.5, 0.6) is 0 Å². The first kappa shape index (κ1) is 16.8. The molecule has 0 N–H and O–H groups in total. The third-order valence-electron chi connectivity index (χ3n) is 5.42. The maximum Gasteiger partial charge on any atom is 0.228 e. The summed E-state index contributed by atoms with van der Waals surface area (Å²) in [5.74, 6) is 0.517. The van der Waals surface area contributed by atoms with Crippen LogP contribution in [0.1, 0.15) is 44.9 Å². The third-order valence-corrected chi connectivity index (χ3v) is 6.42. The predicted molar refractivity (Wildman–Crippen MR) is 96.9 cm³/mol. The van der Waals surface area contributed by atoms with Crippen molar-refractivity contribution in [2.75, 3.05) is 42.5 Å². The fraction of sp³-hybridized carbons (Fsp3) is 0.765. The van der Waals surface area contributed by atoms with Crippen LogP contribution in [0.2, 0.25) is 0 Å². The third kappa shape index (κ3) is 3.49. The van der Waals surface area contributed by atoms with Crippen LogP contribution >= 0.6 is 11.3 Å². The number of amides is 2. The van der Waals surface area contributed by atoms with Crippen molar-refractivity contribution >= 4 is 33.4 Å². The fourth-order valence-corrected chi connectivity index (χ4v) is 4.93. The van der Waals surface area contributed by atoms with Crippen molar-refractivity contribution in [3.05, 3.63) is 0 Å². The number of rotatable bonds is 3. The zero-order valence-corrected chi connectivity index (χ0v) is 15.3. The topological polar surface area (TPSA) is 69.6 Å². The Bertz CT molecular complexity index is 643. The molecular formula is C17H25N5O2S. The Kier molecular flexibility index (Phi) is 4.87. The number of carbonyl (C=O) groups excluding carboxylic acids is 2. The number of anilines is 2. The molecule has 1 atom stereocenters. The summed E-state index contributed by atoms with van der Waals surface area (Å²) in [7, 11) is 0. The van der Waals surface area contributed by atoms with E-state index in [2.05, 4.69) is 15.1 Å². The Morgan fingerprint density at radius 3 is 2.52 bits per heavy atom. The van der Waals surface area contributed by atoms with Gasteiger partial charge in [0.15, 0.2) is 0 Å². The molecule has 2 amide bonds. The standard InChI is InChI=1S/C17H25N5O2S/c23-14-7-1-2-11-22(14)17-19-18-16(25-17)21-10-5-6-13(12-21)15(24)20-8-3-4-9-20/h13H,1-12H2. The summed E-state index contributed by atoms with van der Waals surface area (Å²) >= 11 is 1.48. The summed E-state index contributed by atoms with van der Waals surface area (Å²) in [6, 6.07) is 0. The second kappa shape index (κ2) is 7.27. The van der Waals surface area contributed by atoms with Gasteiger partial charge in [0.2, 0.25) is 22.1 Å². The largest absolute Gasteiger partial charge is 0.346 e. The van der Waals surface area contributed by atoms with Gasteiger partial charge in [-0.3, -0.25) is 14.5 Å². The normalized spacial score (nSPS) is 24.9. The maximum absolute atomic E-state index is 12.7. The van der Waals surface area contributed by atoms with E-state index < -0.39 is 0 Å². The number of nitrogens with zero attached hydrogens (tertiary/aromatic N) is 5. The highest BCUT2D eigenvalue weighted by Crippen LogP contribution is 2.32. The number of piperidine rings is 2. The Morgan fingerprint density at radius 1 is 0.960 bits per heavy atom. The molecule has 3 aliphatic heterocycles. The second-order valence-corrected chi connectivity index (χ2v) is 8.12. The van der Waals surface area contributed by atoms with E-state index in [1.54, 1.807) is 4.90 Å². The molecule has 136 valence electrons. The Labute approximate surface area is 152 Å². The van der Waals surface area contributed by atoms with E-state index in [0.29, 0.717) is 17.5 Å². The number of hydrogen-bond acceptors (Lipinski definition) is 6. The van der Waals surface area contributed by atoms with Crippen LogP contribution in [0.4, 0.5) is 10.3 Å². The molecule has 0 saturated carbocycles. The first-order valence-corrected chi connectivity index (χ1v) is 10.2. The van der Waals surface area contributed by atoms with Crippen molar-refractivity contribution in [3.63, 3.8) is 0 Å². The van der Waals surface area contributed by atoms with E-state index in [4.69, 9.17) is 0 Å². The average molecular weight is 363 g/mol. The Morgan fingerprint density at radius 2 is 1.72 bits per heavy atom. The molecule has 7 nitrogen and oxygen atoms in total. The summed E-state index contributed by atoms with van der Waals surface area (Å²) < 4.78 is 0. The lowest BCUT2D eigenvalue weighted by atomic mass is 9.97. The first-order valence-electron chi connectivity index (χ1n) is 9.40. The fourth-order valence-electron chi connectivity index (χ4n) is 4.00. The SMILES string of the molecule is O=C(C1CCCN(c2nnc(N3CCCCC3=O)s2)C1)N1CCCC1. The molecule has 0 bridgehead atoms. The molecule has 3 fully saturated rings. The summed E-state index contributed by atoms with van der Waals surface area (Å²) in [5, 5.41) is 10.1. The van der Waals surface area contributed by atoms with Crippen molar-refractivity contribution in [2.45, 2.75) is 44.9 Å². The lowest BCUT2D eigenvalue weighted by molar-refractivity contribution is -0.134. The second-order valence-electron chi connectivity index (χ2n) is 7.19. The van der Waals surface area contributed by atoms with E-state index in [0.717, 1.165) is 76.4 Å². The van der Waals surface area contributed by atoms with Crippen LogP contribution in [0.25, 0.3) is 0 Å². The van der Waals surface area contributed by atoms with Crippen molar-refractivity contribution < 1.29 is 9.59 Å². The predicted octanol–water partition coefficient (Wildman–Crippen LogP) is 1.89. The van der Waals surface area contributed by atoms with Crippen molar-refractivity contribution in [3.8, 4) is 0 Å². The lowest BCUT2D eigenvalue weighted by Crippen LogP contribution is -2.44. The Balaban J connectivity index is 1.43. The highest BCUT2D eigenvalue weighted by atomic mass is 32.1. The highest BCUT2D eigenvalue weighted by molar-refractivity contribution is 7.19. The molecule has 3 aliphatic rings. The van der Waals surface area contributed by atoms with Gasteiger partial charge >= 0.3 is 0 Å². The van der Waals surface area contributed by atoms with E-state index in [1.807, 2.05) is 4.90 Å². The van der Waals surface area contributed by atoms with Gasteiger partial charge in [-0.2, -0.15) is 0 Å². The quantitative estimate of drug-likeness (QED) is 0.820. The van der Waals surface area contributed by atoms with Gasteiger partial charge in [0, 0.05) is 39.1 Å². The van der Waals surface area contributed by atoms with Crippen LogP contribution < -0.4 is 9.80 Å². The molecular weight excluding hydrogens is 338 g/mol. The number of hydrogen-bond donors (Lipinski definition) is 0. The molecule has 0 aromatic carbocycles. The minimum absolute atomic E-state index is 0.0656. The van der Waals surface area contributed by atoms with Gasteiger partial charge in [-0.25, -0.2) is 0 Å². The van der Waals surface area contributed by atoms with E-state index in [-0.39, 0.29) is 11.8 Å². The molecule has 1 unspecified atom stereocenters. The molecule has 0 aliphatic carbocycles. The monoisotopic (exact) mass is 363 g/mol. The average Bonchev–Trinajstić information content (AvgIpc) is 3.34. The van der Waals surface area contributed by atoms with Gasteiger partial charge in [0.25, 0.3) is 0 Å². The van der Waals surface area contributed by atoms with E-state index in [1.165, 1.54) is 11.3 Å². The zero-order chi connectivity index (χ0) is 17.2. The van der Waals surface area contributed by atoms with Crippen LogP contribution in [0.15, 0.2) is 0 Å². The molecule has 4 heterocycles. The molecule has 4 rings (SSSR count). The van der Waals surface area contributed by atoms with Crippen molar-refractivity contribution in [1.82, 2.24) is 15.1 Å². The van der Waals surface area contributed by atoms with Gasteiger partial charge in [-0.15, -0.1) is 10.2 Å². The minimum atomic E-state index is 0.0656. The zero-order valence-electron chi connectivity index (χ0n) is 14.5.